The lowest BCUT2D eigenvalue weighted by Crippen LogP contribution is -2.49. The second-order valence-corrected chi connectivity index (χ2v) is 8.94. The minimum Gasteiger partial charge on any atom is -0.450 e. The number of rotatable bonds is 5. The van der Waals surface area contributed by atoms with E-state index in [1.54, 1.807) is 29.7 Å². The van der Waals surface area contributed by atoms with Crippen molar-refractivity contribution in [3.05, 3.63) is 30.3 Å². The molecule has 10 heteroatoms. The molecule has 1 saturated heterocycles. The molecule has 1 aromatic rings. The molecule has 1 heterocycles. The molecule has 0 unspecified atom stereocenters. The van der Waals surface area contributed by atoms with Crippen LogP contribution in [0.4, 0.5) is 10.5 Å². The Hall–Kier alpha value is -3.14. The summed E-state index contributed by atoms with van der Waals surface area (Å²) >= 11 is 0. The number of amides is 4. The van der Waals surface area contributed by atoms with Crippen LogP contribution in [0.1, 0.15) is 52.4 Å². The minimum atomic E-state index is -0.845. The number of carbonyl (C=O) groups is 4. The van der Waals surface area contributed by atoms with Crippen molar-refractivity contribution in [1.29, 1.82) is 0 Å². The molecule has 0 aromatic heterocycles. The fraction of sp³-hybridized carbons (Fsp3) is 0.583. The number of anilines is 1. The van der Waals surface area contributed by atoms with Crippen molar-refractivity contribution in [3.63, 3.8) is 0 Å². The third-order valence-electron chi connectivity index (χ3n) is 5.75. The van der Waals surface area contributed by atoms with Gasteiger partial charge in [0.05, 0.1) is 12.5 Å². The summed E-state index contributed by atoms with van der Waals surface area (Å²) in [6.45, 7) is 4.33. The Bertz CT molecular complexity index is 817. The number of hydrogen-bond acceptors (Lipinski definition) is 6. The van der Waals surface area contributed by atoms with Crippen molar-refractivity contribution in [1.82, 2.24) is 16.1 Å². The first kappa shape index (κ1) is 27.1. The van der Waals surface area contributed by atoms with Gasteiger partial charge in [0, 0.05) is 18.2 Å². The number of nitrogens with one attached hydrogen (secondary N) is 4. The average Bonchev–Trinajstić information content (AvgIpc) is 2.81. The topological polar surface area (TPSA) is 146 Å². The van der Waals surface area contributed by atoms with Gasteiger partial charge >= 0.3 is 6.09 Å². The van der Waals surface area contributed by atoms with Crippen molar-refractivity contribution >= 4 is 29.5 Å². The number of ether oxygens (including phenoxy) is 1. The van der Waals surface area contributed by atoms with Gasteiger partial charge in [-0.05, 0) is 56.6 Å². The summed E-state index contributed by atoms with van der Waals surface area (Å²) in [5, 5.41) is 17.6. The number of alkyl carbamates (subject to hydrolysis) is 1. The Morgan fingerprint density at radius 2 is 1.82 bits per heavy atom. The average molecular weight is 477 g/mol. The zero-order chi connectivity index (χ0) is 24.9. The number of cyclic esters (lactones) is 1. The van der Waals surface area contributed by atoms with Crippen LogP contribution in [0.2, 0.25) is 0 Å². The molecule has 1 aliphatic heterocycles. The molecular weight excluding hydrogens is 440 g/mol. The summed E-state index contributed by atoms with van der Waals surface area (Å²) in [6.07, 6.45) is 1.93. The Morgan fingerprint density at radius 3 is 2.50 bits per heavy atom. The molecule has 0 bridgehead atoms. The quantitative estimate of drug-likeness (QED) is 0.326. The first-order chi connectivity index (χ1) is 16.3. The van der Waals surface area contributed by atoms with Crippen molar-refractivity contribution in [2.75, 3.05) is 18.5 Å². The van der Waals surface area contributed by atoms with E-state index in [2.05, 4.69) is 16.0 Å². The first-order valence-electron chi connectivity index (χ1n) is 11.8. The number of para-hydroxylation sites is 1. The summed E-state index contributed by atoms with van der Waals surface area (Å²) < 4.78 is 5.14. The monoisotopic (exact) mass is 476 g/mol. The third-order valence-corrected chi connectivity index (χ3v) is 5.75. The Labute approximate surface area is 200 Å². The highest BCUT2D eigenvalue weighted by Crippen LogP contribution is 2.26. The summed E-state index contributed by atoms with van der Waals surface area (Å²) in [7, 11) is 0. The molecule has 1 fully saturated rings. The van der Waals surface area contributed by atoms with Gasteiger partial charge < -0.3 is 20.7 Å². The Balaban J connectivity index is 2.28. The maximum atomic E-state index is 13.4. The molecule has 0 spiro atoms. The van der Waals surface area contributed by atoms with Gasteiger partial charge in [0.15, 0.2) is 0 Å². The summed E-state index contributed by atoms with van der Waals surface area (Å²) in [6, 6.07) is 8.12. The van der Waals surface area contributed by atoms with Crippen molar-refractivity contribution in [2.45, 2.75) is 58.4 Å². The van der Waals surface area contributed by atoms with Crippen LogP contribution in [0.15, 0.2) is 30.3 Å². The van der Waals surface area contributed by atoms with Crippen molar-refractivity contribution in [2.24, 2.45) is 17.8 Å². The zero-order valence-electron chi connectivity index (χ0n) is 19.8. The summed E-state index contributed by atoms with van der Waals surface area (Å²) in [5.41, 5.74) is 2.27. The van der Waals surface area contributed by atoms with E-state index in [1.807, 2.05) is 19.9 Å². The van der Waals surface area contributed by atoms with Gasteiger partial charge in [-0.1, -0.05) is 32.0 Å². The Kier molecular flexibility index (Phi) is 11.3. The summed E-state index contributed by atoms with van der Waals surface area (Å²) in [4.78, 5) is 50.7. The lowest BCUT2D eigenvalue weighted by atomic mass is 9.81. The Morgan fingerprint density at radius 1 is 1.09 bits per heavy atom. The van der Waals surface area contributed by atoms with E-state index < -0.39 is 35.8 Å². The van der Waals surface area contributed by atoms with Gasteiger partial charge in [0.1, 0.15) is 6.04 Å². The molecule has 2 rings (SSSR count). The SMILES string of the molecule is CC(C)C[C@H]1C(=O)N[C@H](C(=O)Nc2ccccc2)CCCCNC(=O)OCCC[C@@H]1C(=O)NO. The molecule has 4 amide bonds. The molecule has 0 radical (unpaired) electrons. The zero-order valence-corrected chi connectivity index (χ0v) is 19.8. The van der Waals surface area contributed by atoms with Gasteiger partial charge in [-0.3, -0.25) is 19.6 Å². The lowest BCUT2D eigenvalue weighted by Gasteiger charge is -2.28. The van der Waals surface area contributed by atoms with E-state index in [9.17, 15) is 24.4 Å². The second-order valence-electron chi connectivity index (χ2n) is 8.94. The highest BCUT2D eigenvalue weighted by atomic mass is 16.5. The van der Waals surface area contributed by atoms with Crippen LogP contribution < -0.4 is 21.4 Å². The van der Waals surface area contributed by atoms with E-state index in [0.717, 1.165) is 0 Å². The molecule has 3 atom stereocenters. The van der Waals surface area contributed by atoms with Crippen LogP contribution in [0.5, 0.6) is 0 Å². The minimum absolute atomic E-state index is 0.0825. The smallest absolute Gasteiger partial charge is 0.407 e. The lowest BCUT2D eigenvalue weighted by molar-refractivity contribution is -0.142. The van der Waals surface area contributed by atoms with Crippen molar-refractivity contribution in [3.8, 4) is 0 Å². The van der Waals surface area contributed by atoms with Crippen LogP contribution >= 0.6 is 0 Å². The van der Waals surface area contributed by atoms with E-state index in [4.69, 9.17) is 4.74 Å². The number of hydroxylamine groups is 1. The molecule has 0 saturated carbocycles. The van der Waals surface area contributed by atoms with Crippen LogP contribution in [-0.4, -0.2) is 48.2 Å². The van der Waals surface area contributed by atoms with Gasteiger partial charge in [-0.25, -0.2) is 10.3 Å². The molecule has 1 aliphatic rings. The van der Waals surface area contributed by atoms with Crippen LogP contribution in [0, 0.1) is 17.8 Å². The van der Waals surface area contributed by atoms with Crippen LogP contribution in [0.3, 0.4) is 0 Å². The number of benzene rings is 1. The standard InChI is InChI=1S/C24H36N4O6/c1-16(2)15-19-18(22(30)28-33)11-8-14-34-24(32)25-13-7-6-12-20(27-21(19)29)23(31)26-17-9-4-3-5-10-17/h3-5,9-10,16,18-20,33H,6-8,11-15H2,1-2H3,(H,25,32)(H,26,31)(H,27,29)(H,28,30)/t18-,19+,20-/m0/s1. The predicted molar refractivity (Wildman–Crippen MR) is 126 cm³/mol. The molecule has 10 nitrogen and oxygen atoms in total. The van der Waals surface area contributed by atoms with E-state index in [1.165, 1.54) is 0 Å². The molecule has 0 aliphatic carbocycles. The third kappa shape index (κ3) is 9.01. The molecule has 5 N–H and O–H groups in total. The van der Waals surface area contributed by atoms with Gasteiger partial charge in [0.2, 0.25) is 17.7 Å². The fourth-order valence-electron chi connectivity index (χ4n) is 4.04. The van der Waals surface area contributed by atoms with E-state index >= 15 is 0 Å². The number of carbonyl (C=O) groups excluding carboxylic acids is 4. The van der Waals surface area contributed by atoms with E-state index in [-0.39, 0.29) is 24.9 Å². The first-order valence-corrected chi connectivity index (χ1v) is 11.8. The van der Waals surface area contributed by atoms with Crippen molar-refractivity contribution < 1.29 is 29.1 Å². The molecule has 188 valence electrons. The molecule has 34 heavy (non-hydrogen) atoms. The number of hydrogen-bond donors (Lipinski definition) is 5. The van der Waals surface area contributed by atoms with E-state index in [0.29, 0.717) is 44.3 Å². The van der Waals surface area contributed by atoms with Gasteiger partial charge in [-0.2, -0.15) is 0 Å². The maximum absolute atomic E-state index is 13.4. The second kappa shape index (κ2) is 14.2. The molecular formula is C24H36N4O6. The maximum Gasteiger partial charge on any atom is 0.407 e. The highest BCUT2D eigenvalue weighted by molar-refractivity contribution is 5.98. The summed E-state index contributed by atoms with van der Waals surface area (Å²) in [5.74, 6) is -2.98. The fourth-order valence-corrected chi connectivity index (χ4v) is 4.04. The largest absolute Gasteiger partial charge is 0.450 e. The highest BCUT2D eigenvalue weighted by Gasteiger charge is 2.35. The van der Waals surface area contributed by atoms with Crippen LogP contribution in [0.25, 0.3) is 0 Å². The molecule has 1 aromatic carbocycles. The van der Waals surface area contributed by atoms with Crippen LogP contribution in [-0.2, 0) is 19.1 Å². The van der Waals surface area contributed by atoms with Gasteiger partial charge in [0.25, 0.3) is 0 Å². The predicted octanol–water partition coefficient (Wildman–Crippen LogP) is 2.58. The van der Waals surface area contributed by atoms with Gasteiger partial charge in [-0.15, -0.1) is 0 Å². The normalized spacial score (nSPS) is 22.9.